The lowest BCUT2D eigenvalue weighted by atomic mass is 10.1. The maximum absolute atomic E-state index is 12.6. The highest BCUT2D eigenvalue weighted by Gasteiger charge is 2.13. The highest BCUT2D eigenvalue weighted by molar-refractivity contribution is 6.03. The van der Waals surface area contributed by atoms with Crippen LogP contribution < -0.4 is 20.1 Å². The number of rotatable bonds is 8. The molecule has 2 aromatic rings. The van der Waals surface area contributed by atoms with Crippen LogP contribution in [0.15, 0.2) is 24.3 Å². The highest BCUT2D eigenvalue weighted by Crippen LogP contribution is 2.29. The third-order valence-electron chi connectivity index (χ3n) is 3.73. The Morgan fingerprint density at radius 2 is 1.85 bits per heavy atom. The van der Waals surface area contributed by atoms with Gasteiger partial charge in [-0.05, 0) is 37.5 Å². The Kier molecular flexibility index (Phi) is 6.77. The van der Waals surface area contributed by atoms with Gasteiger partial charge < -0.3 is 20.1 Å². The van der Waals surface area contributed by atoms with Crippen molar-refractivity contribution in [2.75, 3.05) is 31.4 Å². The zero-order chi connectivity index (χ0) is 19.1. The molecule has 0 unspecified atom stereocenters. The summed E-state index contributed by atoms with van der Waals surface area (Å²) in [5.41, 5.74) is 1.63. The second-order valence-electron chi connectivity index (χ2n) is 6.35. The van der Waals surface area contributed by atoms with E-state index in [1.807, 2.05) is 6.92 Å². The van der Waals surface area contributed by atoms with E-state index < -0.39 is 0 Å². The SMILES string of the molecule is COc1ccc(NC(=O)c2cc(C)nc(NCCC(C)C)n2)cc1OC. The standard InChI is InChI=1S/C19H26N4O3/c1-12(2)8-9-20-19-21-13(3)10-15(23-19)18(24)22-14-6-7-16(25-4)17(11-14)26-5/h6-7,10-12H,8-9H2,1-5H3,(H,22,24)(H,20,21,23). The van der Waals surface area contributed by atoms with E-state index in [1.165, 1.54) is 0 Å². The average molecular weight is 358 g/mol. The Balaban J connectivity index is 2.12. The van der Waals surface area contributed by atoms with Crippen molar-refractivity contribution < 1.29 is 14.3 Å². The number of nitrogens with zero attached hydrogens (tertiary/aromatic N) is 2. The van der Waals surface area contributed by atoms with Crippen LogP contribution in [-0.4, -0.2) is 36.6 Å². The summed E-state index contributed by atoms with van der Waals surface area (Å²) < 4.78 is 10.5. The number of benzene rings is 1. The molecule has 7 nitrogen and oxygen atoms in total. The number of hydrogen-bond acceptors (Lipinski definition) is 6. The molecule has 0 fully saturated rings. The van der Waals surface area contributed by atoms with Gasteiger partial charge in [0, 0.05) is 24.0 Å². The summed E-state index contributed by atoms with van der Waals surface area (Å²) in [5, 5.41) is 5.99. The lowest BCUT2D eigenvalue weighted by Gasteiger charge is -2.11. The lowest BCUT2D eigenvalue weighted by molar-refractivity contribution is 0.102. The molecule has 2 N–H and O–H groups in total. The van der Waals surface area contributed by atoms with Crippen LogP contribution >= 0.6 is 0 Å². The van der Waals surface area contributed by atoms with Crippen LogP contribution in [0.25, 0.3) is 0 Å². The summed E-state index contributed by atoms with van der Waals surface area (Å²) in [4.78, 5) is 21.2. The van der Waals surface area contributed by atoms with E-state index >= 15 is 0 Å². The van der Waals surface area contributed by atoms with Crippen LogP contribution in [0.1, 0.15) is 36.5 Å². The summed E-state index contributed by atoms with van der Waals surface area (Å²) in [6, 6.07) is 6.84. The van der Waals surface area contributed by atoms with Gasteiger partial charge >= 0.3 is 0 Å². The molecule has 140 valence electrons. The van der Waals surface area contributed by atoms with Gasteiger partial charge in [-0.15, -0.1) is 0 Å². The molecule has 26 heavy (non-hydrogen) atoms. The number of aromatic nitrogens is 2. The molecule has 0 spiro atoms. The van der Waals surface area contributed by atoms with Crippen LogP contribution in [0.2, 0.25) is 0 Å². The smallest absolute Gasteiger partial charge is 0.274 e. The zero-order valence-corrected chi connectivity index (χ0v) is 15.9. The van der Waals surface area contributed by atoms with Gasteiger partial charge in [0.05, 0.1) is 14.2 Å². The molecule has 0 aliphatic rings. The predicted octanol–water partition coefficient (Wildman–Crippen LogP) is 3.51. The maximum Gasteiger partial charge on any atom is 0.274 e. The molecule has 0 radical (unpaired) electrons. The monoisotopic (exact) mass is 358 g/mol. The first-order chi connectivity index (χ1) is 12.4. The average Bonchev–Trinajstić information content (AvgIpc) is 2.60. The van der Waals surface area contributed by atoms with E-state index in [4.69, 9.17) is 9.47 Å². The van der Waals surface area contributed by atoms with Gasteiger partial charge in [0.25, 0.3) is 5.91 Å². The number of carbonyl (C=O) groups excluding carboxylic acids is 1. The van der Waals surface area contributed by atoms with Crippen molar-refractivity contribution in [1.82, 2.24) is 9.97 Å². The highest BCUT2D eigenvalue weighted by atomic mass is 16.5. The summed E-state index contributed by atoms with van der Waals surface area (Å²) in [6.45, 7) is 6.90. The van der Waals surface area contributed by atoms with Gasteiger partial charge in [-0.25, -0.2) is 9.97 Å². The van der Waals surface area contributed by atoms with Crippen molar-refractivity contribution in [1.29, 1.82) is 0 Å². The number of nitrogens with one attached hydrogen (secondary N) is 2. The van der Waals surface area contributed by atoms with E-state index in [2.05, 4.69) is 34.4 Å². The van der Waals surface area contributed by atoms with Gasteiger partial charge in [0.1, 0.15) is 5.69 Å². The van der Waals surface area contributed by atoms with Crippen molar-refractivity contribution in [2.45, 2.75) is 27.2 Å². The summed E-state index contributed by atoms with van der Waals surface area (Å²) >= 11 is 0. The minimum Gasteiger partial charge on any atom is -0.493 e. The zero-order valence-electron chi connectivity index (χ0n) is 15.9. The molecular weight excluding hydrogens is 332 g/mol. The van der Waals surface area contributed by atoms with E-state index in [0.717, 1.165) is 18.7 Å². The van der Waals surface area contributed by atoms with E-state index in [9.17, 15) is 4.79 Å². The van der Waals surface area contributed by atoms with E-state index in [-0.39, 0.29) is 5.91 Å². The van der Waals surface area contributed by atoms with Gasteiger partial charge in [-0.1, -0.05) is 13.8 Å². The minimum atomic E-state index is -0.311. The molecule has 0 saturated carbocycles. The first-order valence-electron chi connectivity index (χ1n) is 8.56. The quantitative estimate of drug-likeness (QED) is 0.751. The van der Waals surface area contributed by atoms with Gasteiger partial charge in [0.15, 0.2) is 11.5 Å². The van der Waals surface area contributed by atoms with Gasteiger partial charge in [-0.2, -0.15) is 0 Å². The number of methoxy groups -OCH3 is 2. The molecule has 0 aliphatic carbocycles. The number of carbonyl (C=O) groups is 1. The van der Waals surface area contributed by atoms with Crippen LogP contribution in [-0.2, 0) is 0 Å². The molecule has 0 aliphatic heterocycles. The van der Waals surface area contributed by atoms with E-state index in [1.54, 1.807) is 38.5 Å². The number of hydrogen-bond donors (Lipinski definition) is 2. The summed E-state index contributed by atoms with van der Waals surface area (Å²) in [5.74, 6) is 1.87. The Hall–Kier alpha value is -2.83. The van der Waals surface area contributed by atoms with Crippen LogP contribution in [0, 0.1) is 12.8 Å². The second kappa shape index (κ2) is 9.03. The second-order valence-corrected chi connectivity index (χ2v) is 6.35. The Morgan fingerprint density at radius 3 is 2.50 bits per heavy atom. The molecule has 1 aromatic carbocycles. The maximum atomic E-state index is 12.6. The van der Waals surface area contributed by atoms with Crippen LogP contribution in [0.3, 0.4) is 0 Å². The third kappa shape index (κ3) is 5.34. The Labute approximate surface area is 154 Å². The molecule has 0 bridgehead atoms. The predicted molar refractivity (Wildman–Crippen MR) is 102 cm³/mol. The molecule has 0 saturated heterocycles. The molecule has 1 amide bonds. The fourth-order valence-electron chi connectivity index (χ4n) is 2.35. The Morgan fingerprint density at radius 1 is 1.12 bits per heavy atom. The minimum absolute atomic E-state index is 0.305. The van der Waals surface area contributed by atoms with Crippen LogP contribution in [0.4, 0.5) is 11.6 Å². The van der Waals surface area contributed by atoms with Crippen molar-refractivity contribution in [3.63, 3.8) is 0 Å². The topological polar surface area (TPSA) is 85.4 Å². The largest absolute Gasteiger partial charge is 0.493 e. The number of amides is 1. The fraction of sp³-hybridized carbons (Fsp3) is 0.421. The molecule has 1 aromatic heterocycles. The summed E-state index contributed by atoms with van der Waals surface area (Å²) in [7, 11) is 3.11. The third-order valence-corrected chi connectivity index (χ3v) is 3.73. The van der Waals surface area contributed by atoms with Crippen molar-refractivity contribution >= 4 is 17.5 Å². The molecule has 2 rings (SSSR count). The number of aryl methyl sites for hydroxylation is 1. The van der Waals surface area contributed by atoms with Gasteiger partial charge in [0.2, 0.25) is 5.95 Å². The molecule has 7 heteroatoms. The van der Waals surface area contributed by atoms with Crippen LogP contribution in [0.5, 0.6) is 11.5 Å². The van der Waals surface area contributed by atoms with Crippen molar-refractivity contribution in [2.24, 2.45) is 5.92 Å². The number of anilines is 2. The first-order valence-corrected chi connectivity index (χ1v) is 8.56. The molecule has 0 atom stereocenters. The van der Waals surface area contributed by atoms with Gasteiger partial charge in [-0.3, -0.25) is 4.79 Å². The lowest BCUT2D eigenvalue weighted by Crippen LogP contribution is -2.17. The van der Waals surface area contributed by atoms with E-state index in [0.29, 0.717) is 34.7 Å². The fourth-order valence-corrected chi connectivity index (χ4v) is 2.35. The first kappa shape index (κ1) is 19.5. The normalized spacial score (nSPS) is 10.5. The van der Waals surface area contributed by atoms with Crippen molar-refractivity contribution in [3.8, 4) is 11.5 Å². The summed E-state index contributed by atoms with van der Waals surface area (Å²) in [6.07, 6.45) is 1.00. The molecule has 1 heterocycles. The Bertz CT molecular complexity index is 762. The number of ether oxygens (including phenoxy) is 2. The van der Waals surface area contributed by atoms with Crippen molar-refractivity contribution in [3.05, 3.63) is 35.7 Å². The molecular formula is C19H26N4O3.